The number of rotatable bonds is 4. The molecular weight excluding hydrogens is 254 g/mol. The number of carbonyl (C=O) groups excluding carboxylic acids is 1. The van der Waals surface area contributed by atoms with Crippen molar-refractivity contribution in [2.75, 3.05) is 0 Å². The smallest absolute Gasteiger partial charge is 0.242 e. The largest absolute Gasteiger partial charge is 0.349 e. The van der Waals surface area contributed by atoms with E-state index < -0.39 is 0 Å². The number of aryl methyl sites for hydroxylation is 2. The first-order valence-corrected chi connectivity index (χ1v) is 5.86. The van der Waals surface area contributed by atoms with Crippen LogP contribution in [0.1, 0.15) is 11.4 Å². The van der Waals surface area contributed by atoms with Crippen molar-refractivity contribution in [3.8, 4) is 0 Å². The first-order valence-electron chi connectivity index (χ1n) is 5.49. The number of halogens is 1. The molecule has 0 aliphatic heterocycles. The monoisotopic (exact) mass is 267 g/mol. The van der Waals surface area contributed by atoms with Gasteiger partial charge in [0.05, 0.1) is 23.5 Å². The van der Waals surface area contributed by atoms with E-state index in [1.807, 2.05) is 20.0 Å². The number of nitrogens with zero attached hydrogens (tertiary/aromatic N) is 4. The van der Waals surface area contributed by atoms with E-state index in [4.69, 9.17) is 11.6 Å². The van der Waals surface area contributed by atoms with Crippen LogP contribution in [-0.2, 0) is 24.9 Å². The van der Waals surface area contributed by atoms with Crippen LogP contribution in [0.4, 0.5) is 0 Å². The lowest BCUT2D eigenvalue weighted by atomic mass is 10.3. The fourth-order valence-electron chi connectivity index (χ4n) is 1.54. The lowest BCUT2D eigenvalue weighted by Crippen LogP contribution is -2.27. The van der Waals surface area contributed by atoms with Crippen molar-refractivity contribution in [3.05, 3.63) is 34.9 Å². The predicted molar refractivity (Wildman–Crippen MR) is 67.0 cm³/mol. The van der Waals surface area contributed by atoms with Gasteiger partial charge in [0, 0.05) is 18.9 Å². The molecule has 0 bridgehead atoms. The molecule has 0 saturated carbocycles. The zero-order valence-electron chi connectivity index (χ0n) is 10.2. The zero-order valence-corrected chi connectivity index (χ0v) is 11.0. The van der Waals surface area contributed by atoms with Crippen molar-refractivity contribution in [2.45, 2.75) is 20.0 Å². The highest BCUT2D eigenvalue weighted by Gasteiger charge is 2.06. The molecule has 18 heavy (non-hydrogen) atoms. The van der Waals surface area contributed by atoms with Crippen molar-refractivity contribution in [3.63, 3.8) is 0 Å². The Morgan fingerprint density at radius 2 is 2.33 bits per heavy atom. The molecule has 0 atom stereocenters. The Morgan fingerprint density at radius 3 is 2.89 bits per heavy atom. The number of nitrogens with one attached hydrogen (secondary N) is 1. The van der Waals surface area contributed by atoms with Crippen LogP contribution in [0.25, 0.3) is 0 Å². The standard InChI is InChI=1S/C11H14ClN5O/c1-8-3-10(15-16(8)2)5-13-11(18)7-17-6-9(12)4-14-17/h3-4,6H,5,7H2,1-2H3,(H,13,18). The summed E-state index contributed by atoms with van der Waals surface area (Å²) in [5.74, 6) is -0.127. The lowest BCUT2D eigenvalue weighted by molar-refractivity contribution is -0.122. The van der Waals surface area contributed by atoms with Gasteiger partial charge in [-0.2, -0.15) is 10.2 Å². The van der Waals surface area contributed by atoms with E-state index in [1.165, 1.54) is 10.9 Å². The summed E-state index contributed by atoms with van der Waals surface area (Å²) in [5.41, 5.74) is 1.89. The summed E-state index contributed by atoms with van der Waals surface area (Å²) >= 11 is 5.71. The van der Waals surface area contributed by atoms with Gasteiger partial charge in [0.15, 0.2) is 0 Å². The van der Waals surface area contributed by atoms with Gasteiger partial charge in [-0.05, 0) is 13.0 Å². The molecular formula is C11H14ClN5O. The molecule has 2 rings (SSSR count). The number of carbonyl (C=O) groups is 1. The van der Waals surface area contributed by atoms with Crippen LogP contribution in [-0.4, -0.2) is 25.5 Å². The highest BCUT2D eigenvalue weighted by Crippen LogP contribution is 2.04. The predicted octanol–water partition coefficient (Wildman–Crippen LogP) is 0.895. The normalized spacial score (nSPS) is 10.6. The van der Waals surface area contributed by atoms with Gasteiger partial charge in [-0.15, -0.1) is 0 Å². The summed E-state index contributed by atoms with van der Waals surface area (Å²) in [6.07, 6.45) is 3.10. The second-order valence-electron chi connectivity index (χ2n) is 4.03. The molecule has 7 heteroatoms. The van der Waals surface area contributed by atoms with Gasteiger partial charge in [-0.1, -0.05) is 11.6 Å². The van der Waals surface area contributed by atoms with Crippen LogP contribution in [0.2, 0.25) is 5.02 Å². The summed E-state index contributed by atoms with van der Waals surface area (Å²) < 4.78 is 3.26. The molecule has 96 valence electrons. The molecule has 2 aromatic rings. The van der Waals surface area contributed by atoms with E-state index in [0.717, 1.165) is 11.4 Å². The fourth-order valence-corrected chi connectivity index (χ4v) is 1.69. The van der Waals surface area contributed by atoms with E-state index in [2.05, 4.69) is 15.5 Å². The fraction of sp³-hybridized carbons (Fsp3) is 0.364. The van der Waals surface area contributed by atoms with Crippen LogP contribution in [0.15, 0.2) is 18.5 Å². The molecule has 2 aromatic heterocycles. The van der Waals surface area contributed by atoms with Crippen LogP contribution in [0.3, 0.4) is 0 Å². The Balaban J connectivity index is 1.85. The maximum atomic E-state index is 11.6. The van der Waals surface area contributed by atoms with Crippen LogP contribution in [0, 0.1) is 6.92 Å². The van der Waals surface area contributed by atoms with Crippen molar-refractivity contribution in [2.24, 2.45) is 7.05 Å². The minimum atomic E-state index is -0.127. The van der Waals surface area contributed by atoms with Crippen molar-refractivity contribution >= 4 is 17.5 Å². The average Bonchev–Trinajstić information content (AvgIpc) is 2.84. The molecule has 0 saturated heterocycles. The van der Waals surface area contributed by atoms with Crippen LogP contribution >= 0.6 is 11.6 Å². The zero-order chi connectivity index (χ0) is 13.1. The van der Waals surface area contributed by atoms with E-state index in [9.17, 15) is 4.79 Å². The average molecular weight is 268 g/mol. The molecule has 0 radical (unpaired) electrons. The molecule has 6 nitrogen and oxygen atoms in total. The molecule has 0 fully saturated rings. The third kappa shape index (κ3) is 3.10. The summed E-state index contributed by atoms with van der Waals surface area (Å²) in [6, 6.07) is 1.94. The van der Waals surface area contributed by atoms with Gasteiger partial charge < -0.3 is 5.32 Å². The topological polar surface area (TPSA) is 64.7 Å². The van der Waals surface area contributed by atoms with Crippen molar-refractivity contribution in [1.29, 1.82) is 0 Å². The molecule has 0 aromatic carbocycles. The molecule has 1 amide bonds. The Kier molecular flexibility index (Phi) is 3.66. The van der Waals surface area contributed by atoms with Gasteiger partial charge in [0.1, 0.15) is 6.54 Å². The molecule has 0 aliphatic rings. The summed E-state index contributed by atoms with van der Waals surface area (Å²) in [4.78, 5) is 11.6. The number of hydrogen-bond acceptors (Lipinski definition) is 3. The number of aromatic nitrogens is 4. The highest BCUT2D eigenvalue weighted by atomic mass is 35.5. The Labute approximate surface area is 110 Å². The minimum Gasteiger partial charge on any atom is -0.349 e. The van der Waals surface area contributed by atoms with E-state index in [-0.39, 0.29) is 12.5 Å². The Bertz CT molecular complexity index is 540. The highest BCUT2D eigenvalue weighted by molar-refractivity contribution is 6.30. The second-order valence-corrected chi connectivity index (χ2v) is 4.47. The first-order chi connectivity index (χ1) is 8.54. The van der Waals surface area contributed by atoms with Gasteiger partial charge in [-0.25, -0.2) is 0 Å². The third-order valence-corrected chi connectivity index (χ3v) is 2.73. The van der Waals surface area contributed by atoms with Crippen LogP contribution < -0.4 is 5.32 Å². The summed E-state index contributed by atoms with van der Waals surface area (Å²) in [7, 11) is 1.87. The summed E-state index contributed by atoms with van der Waals surface area (Å²) in [6.45, 7) is 2.53. The van der Waals surface area contributed by atoms with Gasteiger partial charge in [0.2, 0.25) is 5.91 Å². The number of amides is 1. The maximum absolute atomic E-state index is 11.6. The second kappa shape index (κ2) is 5.22. The molecule has 0 unspecified atom stereocenters. The van der Waals surface area contributed by atoms with E-state index >= 15 is 0 Å². The van der Waals surface area contributed by atoms with E-state index in [0.29, 0.717) is 11.6 Å². The third-order valence-electron chi connectivity index (χ3n) is 2.54. The molecule has 2 heterocycles. The van der Waals surface area contributed by atoms with Gasteiger partial charge >= 0.3 is 0 Å². The Hall–Kier alpha value is -1.82. The number of hydrogen-bond donors (Lipinski definition) is 1. The summed E-state index contributed by atoms with van der Waals surface area (Å²) in [5, 5.41) is 11.5. The van der Waals surface area contributed by atoms with Gasteiger partial charge in [-0.3, -0.25) is 14.2 Å². The van der Waals surface area contributed by atoms with Crippen LogP contribution in [0.5, 0.6) is 0 Å². The maximum Gasteiger partial charge on any atom is 0.242 e. The van der Waals surface area contributed by atoms with Gasteiger partial charge in [0.25, 0.3) is 0 Å². The molecule has 0 spiro atoms. The molecule has 1 N–H and O–H groups in total. The quantitative estimate of drug-likeness (QED) is 0.895. The first kappa shape index (κ1) is 12.6. The molecule has 0 aliphatic carbocycles. The SMILES string of the molecule is Cc1cc(CNC(=O)Cn2cc(Cl)cn2)nn1C. The van der Waals surface area contributed by atoms with Crippen molar-refractivity contribution < 1.29 is 4.79 Å². The minimum absolute atomic E-state index is 0.127. The Morgan fingerprint density at radius 1 is 1.56 bits per heavy atom. The lowest BCUT2D eigenvalue weighted by Gasteiger charge is -2.03. The van der Waals surface area contributed by atoms with E-state index in [1.54, 1.807) is 10.9 Å². The van der Waals surface area contributed by atoms with Crippen molar-refractivity contribution in [1.82, 2.24) is 24.9 Å².